The highest BCUT2D eigenvalue weighted by Crippen LogP contribution is 2.41. The topological polar surface area (TPSA) is 743 Å². The number of hydrogen-bond donors (Lipinski definition) is 23. The van der Waals surface area contributed by atoms with Crippen LogP contribution in [0.25, 0.3) is 0 Å². The molecule has 4 aliphatic heterocycles. The summed E-state index contributed by atoms with van der Waals surface area (Å²) in [5, 5.41) is 143. The number of nitrogens with one attached hydrogen (secondary N) is 4. The van der Waals surface area contributed by atoms with Crippen molar-refractivity contribution in [2.45, 2.75) is 226 Å². The van der Waals surface area contributed by atoms with Crippen LogP contribution in [0.15, 0.2) is 0 Å². The fraction of sp³-hybridized carbons (Fsp3) is 0.836. The average molecular weight is 1720 g/mol. The number of Topliss-reactive ketones (excluding diaryl/α,β-unsaturated/α-hetero) is 3. The van der Waals surface area contributed by atoms with Crippen LogP contribution in [0.3, 0.4) is 0 Å². The molecule has 0 spiro atoms. The van der Waals surface area contributed by atoms with E-state index in [-0.39, 0.29) is 124 Å². The van der Waals surface area contributed by atoms with E-state index in [0.717, 1.165) is 53.2 Å². The quantitative estimate of drug-likeness (QED) is 0.0117. The fourth-order valence-corrected chi connectivity index (χ4v) is 16.8. The summed E-state index contributed by atoms with van der Waals surface area (Å²) in [7, 11) is -2.69. The Kier molecular flexibility index (Phi) is 62.1. The van der Waals surface area contributed by atoms with Crippen molar-refractivity contribution in [2.24, 2.45) is 40.9 Å². The molecule has 0 aromatic rings. The lowest BCUT2D eigenvalue weighted by molar-refractivity contribution is -0.230. The first kappa shape index (κ1) is 112. The van der Waals surface area contributed by atoms with Crippen LogP contribution in [0.2, 0.25) is 0 Å². The summed E-state index contributed by atoms with van der Waals surface area (Å²) in [6.45, 7) is 0.641. The smallest absolute Gasteiger partial charge is 0.336 e. The molecule has 42 nitrogen and oxygen atoms in total. The molecule has 4 fully saturated rings. The third kappa shape index (κ3) is 47.0. The molecule has 0 aromatic carbocycles. The van der Waals surface area contributed by atoms with Crippen LogP contribution >= 0.6 is 0 Å². The number of hydrogen-bond acceptors (Lipinski definition) is 34. The zero-order valence-corrected chi connectivity index (χ0v) is 68.1. The van der Waals surface area contributed by atoms with Gasteiger partial charge in [0.15, 0.2) is 23.0 Å². The molecule has 4 amide bonds. The van der Waals surface area contributed by atoms with Gasteiger partial charge in [-0.3, -0.25) is 85.8 Å². The van der Waals surface area contributed by atoms with Crippen molar-refractivity contribution in [3.05, 3.63) is 0 Å². The van der Waals surface area contributed by atoms with E-state index in [1.807, 2.05) is 0 Å². The number of rotatable bonds is 45. The lowest BCUT2D eigenvalue weighted by Crippen LogP contribution is -2.67. The van der Waals surface area contributed by atoms with E-state index < -0.39 is 201 Å². The molecule has 0 saturated carbocycles. The number of aliphatic hydroxyl groups excluding tert-OH is 8. The molecule has 0 radical (unpaired) electrons. The van der Waals surface area contributed by atoms with Crippen molar-refractivity contribution in [1.82, 2.24) is 21.3 Å². The average Bonchev–Trinajstić information content (AvgIpc) is 0.767. The summed E-state index contributed by atoms with van der Waals surface area (Å²) < 4.78 is 72.4. The van der Waals surface area contributed by atoms with E-state index in [9.17, 15) is 100 Å². The van der Waals surface area contributed by atoms with Crippen molar-refractivity contribution in [3.63, 3.8) is 0 Å². The fourth-order valence-electron chi connectivity index (χ4n) is 13.1. The van der Waals surface area contributed by atoms with Crippen molar-refractivity contribution in [2.75, 3.05) is 102 Å². The van der Waals surface area contributed by atoms with Crippen LogP contribution in [0, 0.1) is 23.7 Å². The molecule has 0 bridgehead atoms. The van der Waals surface area contributed by atoms with Crippen LogP contribution in [0.4, 0.5) is 0 Å². The largest absolute Gasteiger partial charge is 0.481 e. The minimum absolute atomic E-state index is 0.0327. The van der Waals surface area contributed by atoms with E-state index in [1.54, 1.807) is 25.0 Å². The van der Waals surface area contributed by atoms with E-state index >= 15 is 0 Å². The third-order valence-electron chi connectivity index (χ3n) is 18.2. The van der Waals surface area contributed by atoms with Crippen molar-refractivity contribution < 1.29 is 171 Å². The van der Waals surface area contributed by atoms with E-state index in [0.29, 0.717) is 55.9 Å². The summed E-state index contributed by atoms with van der Waals surface area (Å²) in [5.41, 5.74) is 14.7. The van der Waals surface area contributed by atoms with Crippen LogP contribution in [0.1, 0.15) is 135 Å². The van der Waals surface area contributed by atoms with Gasteiger partial charge in [-0.2, -0.15) is 0 Å². The Balaban J connectivity index is -0.00000154. The van der Waals surface area contributed by atoms with Crippen LogP contribution in [0.5, 0.6) is 0 Å². The second-order valence-electron chi connectivity index (χ2n) is 27.2. The molecule has 0 aromatic heterocycles. The summed E-state index contributed by atoms with van der Waals surface area (Å²) in [6.07, 6.45) is 1.55. The molecule has 662 valence electrons. The van der Waals surface area contributed by atoms with Gasteiger partial charge < -0.3 is 119 Å². The predicted molar refractivity (Wildman–Crippen MR) is 408 cm³/mol. The second-order valence-corrected chi connectivity index (χ2v) is 33.2. The summed E-state index contributed by atoms with van der Waals surface area (Å²) in [6, 6.07) is -4.15. The summed E-state index contributed by atoms with van der Waals surface area (Å²) in [5.74, 6) is -8.51. The Bertz CT molecular complexity index is 2940. The van der Waals surface area contributed by atoms with Gasteiger partial charge in [0.05, 0.1) is 106 Å². The van der Waals surface area contributed by atoms with Gasteiger partial charge in [0.25, 0.3) is 0 Å². The van der Waals surface area contributed by atoms with Gasteiger partial charge in [-0.15, -0.1) is 0 Å². The maximum Gasteiger partial charge on any atom is 0.336 e. The zero-order chi connectivity index (χ0) is 87.4. The number of amides is 4. The standard InChI is InChI=1S/C23H42N2O9S4.C22H38N2O8.C20H33N3O12.2CH4O.2H2O2/c1-35(30)9-7-20-16(13-37(3)32)15(12-36(2)31)17(14-38(4)33)21(34-20)11-22(27)25-8-5-6-18(24)19(26)10-23(28)29;23-19(20(27)11-22(29)30)5-2-6-24-21(28)10-17-8-14(9-18(13-26)32-17)7-15-3-1-4-16(12-25)31-15;1-9(25)23-16-12(27)6-20(19(33)34,35-18(16)17(32)13(28)8-24)7-14(29)22-4-2-3-10(21)11(26)5-15(30)31;4*1-2/h15-18,20-21H,5-14,24H2,1-4H3,(H,25,27)(H,28,29);14-19,25-26H,1-13,23H2,(H,24,28)(H,29,30);10,12-13,16-18,24,27-28,32H,2-8,21H2,1H3,(H,22,29)(H,23,25)(H,30,31)(H,33,34);2*2H,1H3;2*1-2H. The van der Waals surface area contributed by atoms with Crippen molar-refractivity contribution in [3.8, 4) is 0 Å². The molecule has 4 rings (SSSR count). The SMILES string of the molecule is CC(=O)NC1C(O)CC(CC(=O)NCCCC(N)C(=O)CC(=O)O)(C(=O)O)OC1C(O)C(O)CO.CO.CO.CS(=O)CCC1OC(CC(=O)NCCCC(N)C(=O)CC(=O)O)C(CS(C)=O)C(CS(C)=O)C1CS(C)=O.NC(CCCNC(=O)CC1CC(CC2CCCC(CO)O2)CC(CO)O1)C(=O)CC(=O)O.OO.OO. The lowest BCUT2D eigenvalue weighted by Gasteiger charge is -2.47. The van der Waals surface area contributed by atoms with Gasteiger partial charge >= 0.3 is 23.9 Å². The van der Waals surface area contributed by atoms with Gasteiger partial charge in [0, 0.05) is 150 Å². The first-order valence-corrected chi connectivity index (χ1v) is 43.0. The third-order valence-corrected chi connectivity index (χ3v) is 21.6. The number of carbonyl (C=O) groups is 11. The van der Waals surface area contributed by atoms with Crippen molar-refractivity contribution in [1.29, 1.82) is 0 Å². The number of aliphatic hydroxyl groups is 8. The lowest BCUT2D eigenvalue weighted by atomic mass is 9.74. The summed E-state index contributed by atoms with van der Waals surface area (Å²) in [4.78, 5) is 128. The Labute approximate surface area is 665 Å². The van der Waals surface area contributed by atoms with Crippen molar-refractivity contribution >= 4 is 108 Å². The molecule has 113 heavy (non-hydrogen) atoms. The molecule has 26 N–H and O–H groups in total. The monoisotopic (exact) mass is 1720 g/mol. The number of ether oxygens (including phenoxy) is 4. The molecule has 23 unspecified atom stereocenters. The molecule has 46 heteroatoms. The molecule has 4 aliphatic rings. The number of ketones is 3. The first-order chi connectivity index (χ1) is 53.2. The minimum atomic E-state index is -2.34. The van der Waals surface area contributed by atoms with Gasteiger partial charge in [-0.05, 0) is 95.3 Å². The highest BCUT2D eigenvalue weighted by molar-refractivity contribution is 7.85. The Morgan fingerprint density at radius 3 is 1.35 bits per heavy atom. The van der Waals surface area contributed by atoms with Gasteiger partial charge in [-0.1, -0.05) is 0 Å². The van der Waals surface area contributed by atoms with Crippen LogP contribution < -0.4 is 38.5 Å². The number of carboxylic acid groups (broad SMARTS) is 4. The van der Waals surface area contributed by atoms with Gasteiger partial charge in [0.2, 0.25) is 23.6 Å². The number of aliphatic carboxylic acids is 4. The van der Waals surface area contributed by atoms with E-state index in [1.165, 1.54) is 0 Å². The number of nitrogens with two attached hydrogens (primary N) is 3. The number of carbonyl (C=O) groups excluding carboxylic acids is 7. The Hall–Kier alpha value is -5.39. The minimum Gasteiger partial charge on any atom is -0.481 e. The Morgan fingerprint density at radius 1 is 0.540 bits per heavy atom. The maximum atomic E-state index is 12.8. The Morgan fingerprint density at radius 2 is 0.947 bits per heavy atom. The highest BCUT2D eigenvalue weighted by atomic mass is 32.2. The zero-order valence-electron chi connectivity index (χ0n) is 64.9. The van der Waals surface area contributed by atoms with Crippen LogP contribution in [-0.2, 0) is 115 Å². The molecule has 23 atom stereocenters. The van der Waals surface area contributed by atoms with Gasteiger partial charge in [-0.25, -0.2) is 4.79 Å². The molecular weight excluding hydrogens is 1590 g/mol. The normalized spacial score (nSPS) is 26.1. The molecular formula is C67H125N7O35S4. The maximum absolute atomic E-state index is 12.8. The molecule has 0 aliphatic carbocycles. The van der Waals surface area contributed by atoms with Gasteiger partial charge in [0.1, 0.15) is 37.6 Å². The van der Waals surface area contributed by atoms with Crippen LogP contribution in [-0.4, -0.2) is 357 Å². The highest BCUT2D eigenvalue weighted by Gasteiger charge is 2.56. The molecule has 4 heterocycles. The van der Waals surface area contributed by atoms with E-state index in [2.05, 4.69) is 21.3 Å². The number of carboxylic acids is 4. The van der Waals surface area contributed by atoms with E-state index in [4.69, 9.17) is 87.8 Å². The second kappa shape index (κ2) is 62.8. The first-order valence-electron chi connectivity index (χ1n) is 36.1. The summed E-state index contributed by atoms with van der Waals surface area (Å²) >= 11 is 0. The molecule has 4 saturated heterocycles. The predicted octanol–water partition coefficient (Wildman–Crippen LogP) is -5.63.